The van der Waals surface area contributed by atoms with Crippen LogP contribution in [0.5, 0.6) is 0 Å². The van der Waals surface area contributed by atoms with Gasteiger partial charge >= 0.3 is 5.97 Å². The molecule has 0 spiro atoms. The predicted octanol–water partition coefficient (Wildman–Crippen LogP) is 1.92. The molecule has 0 atom stereocenters. The van der Waals surface area contributed by atoms with Crippen LogP contribution in [0.25, 0.3) is 0 Å². The molecule has 0 amide bonds. The van der Waals surface area contributed by atoms with Crippen LogP contribution in [-0.2, 0) is 14.3 Å². The fourth-order valence-corrected chi connectivity index (χ4v) is 0.813. The molecule has 0 fully saturated rings. The van der Waals surface area contributed by atoms with Crippen molar-refractivity contribution in [2.75, 3.05) is 20.3 Å². The molecule has 0 unspecified atom stereocenters. The molecular weight excluding hydrogens is 168 g/mol. The minimum Gasteiger partial charge on any atom is -0.462 e. The molecule has 76 valence electrons. The van der Waals surface area contributed by atoms with E-state index in [2.05, 4.69) is 6.58 Å². The fourth-order valence-electron chi connectivity index (χ4n) is 0.813. The largest absolute Gasteiger partial charge is 0.462 e. The van der Waals surface area contributed by atoms with Gasteiger partial charge in [0.2, 0.25) is 0 Å². The molecule has 0 saturated heterocycles. The lowest BCUT2D eigenvalue weighted by atomic mass is 10.2. The molecule has 0 heterocycles. The first-order chi connectivity index (χ1) is 6.18. The van der Waals surface area contributed by atoms with Crippen molar-refractivity contribution in [3.05, 3.63) is 12.2 Å². The van der Waals surface area contributed by atoms with Gasteiger partial charge in [0.15, 0.2) is 0 Å². The van der Waals surface area contributed by atoms with E-state index in [4.69, 9.17) is 9.47 Å². The van der Waals surface area contributed by atoms with Gasteiger partial charge in [-0.3, -0.25) is 0 Å². The number of carbonyl (C=O) groups is 1. The Morgan fingerprint density at radius 2 is 1.85 bits per heavy atom. The highest BCUT2D eigenvalue weighted by molar-refractivity contribution is 5.86. The molecule has 0 bridgehead atoms. The van der Waals surface area contributed by atoms with Gasteiger partial charge in [-0.2, -0.15) is 0 Å². The minimum absolute atomic E-state index is 0.299. The van der Waals surface area contributed by atoms with E-state index in [1.54, 1.807) is 14.0 Å². The number of hydrogen-bond donors (Lipinski definition) is 0. The van der Waals surface area contributed by atoms with Crippen LogP contribution >= 0.6 is 0 Å². The van der Waals surface area contributed by atoms with E-state index in [0.717, 1.165) is 25.9 Å². The van der Waals surface area contributed by atoms with Gasteiger partial charge in [-0.05, 0) is 26.2 Å². The first-order valence-electron chi connectivity index (χ1n) is 4.50. The zero-order valence-corrected chi connectivity index (χ0v) is 8.47. The third-order valence-electron chi connectivity index (χ3n) is 1.57. The average Bonchev–Trinajstić information content (AvgIpc) is 2.10. The maximum Gasteiger partial charge on any atom is 0.333 e. The van der Waals surface area contributed by atoms with Gasteiger partial charge in [0.05, 0.1) is 6.61 Å². The van der Waals surface area contributed by atoms with E-state index in [1.807, 2.05) is 0 Å². The quantitative estimate of drug-likeness (QED) is 0.346. The first-order valence-corrected chi connectivity index (χ1v) is 4.50. The van der Waals surface area contributed by atoms with Crippen LogP contribution in [-0.4, -0.2) is 26.3 Å². The summed E-state index contributed by atoms with van der Waals surface area (Å²) < 4.78 is 9.79. The smallest absolute Gasteiger partial charge is 0.333 e. The van der Waals surface area contributed by atoms with Crippen molar-refractivity contribution in [2.45, 2.75) is 26.2 Å². The van der Waals surface area contributed by atoms with Crippen molar-refractivity contribution < 1.29 is 14.3 Å². The maximum absolute atomic E-state index is 10.9. The van der Waals surface area contributed by atoms with Crippen molar-refractivity contribution in [1.82, 2.24) is 0 Å². The Hall–Kier alpha value is -0.830. The molecule has 0 N–H and O–H groups in total. The summed E-state index contributed by atoms with van der Waals surface area (Å²) in [5.74, 6) is -0.299. The second-order valence-corrected chi connectivity index (χ2v) is 2.97. The average molecular weight is 186 g/mol. The Balaban J connectivity index is 3.16. The van der Waals surface area contributed by atoms with Crippen LogP contribution in [0.3, 0.4) is 0 Å². The number of esters is 1. The summed E-state index contributed by atoms with van der Waals surface area (Å²) in [6.45, 7) is 6.39. The van der Waals surface area contributed by atoms with Crippen LogP contribution in [0.1, 0.15) is 26.2 Å². The number of ether oxygens (including phenoxy) is 2. The maximum atomic E-state index is 10.9. The molecule has 0 aliphatic heterocycles. The normalized spacial score (nSPS) is 9.69. The zero-order valence-electron chi connectivity index (χ0n) is 8.47. The van der Waals surface area contributed by atoms with Crippen LogP contribution in [0.15, 0.2) is 12.2 Å². The summed E-state index contributed by atoms with van der Waals surface area (Å²) >= 11 is 0. The Morgan fingerprint density at radius 1 is 1.23 bits per heavy atom. The fraction of sp³-hybridized carbons (Fsp3) is 0.700. The standard InChI is InChI=1S/C10H18O3/c1-9(2)10(11)13-8-6-4-5-7-12-3/h1,4-8H2,2-3H3. The van der Waals surface area contributed by atoms with E-state index in [1.165, 1.54) is 0 Å². The second kappa shape index (κ2) is 7.80. The summed E-state index contributed by atoms with van der Waals surface area (Å²) in [7, 11) is 1.68. The number of unbranched alkanes of at least 4 members (excludes halogenated alkanes) is 2. The molecular formula is C10H18O3. The van der Waals surface area contributed by atoms with Crippen molar-refractivity contribution >= 4 is 5.97 Å². The molecule has 0 radical (unpaired) electrons. The van der Waals surface area contributed by atoms with Gasteiger partial charge < -0.3 is 9.47 Å². The number of carbonyl (C=O) groups excluding carboxylic acids is 1. The molecule has 0 aromatic rings. The van der Waals surface area contributed by atoms with Crippen molar-refractivity contribution in [3.8, 4) is 0 Å². The Labute approximate surface area is 79.7 Å². The van der Waals surface area contributed by atoms with E-state index >= 15 is 0 Å². The van der Waals surface area contributed by atoms with Crippen LogP contribution in [0.2, 0.25) is 0 Å². The molecule has 0 aromatic carbocycles. The van der Waals surface area contributed by atoms with Crippen LogP contribution < -0.4 is 0 Å². The lowest BCUT2D eigenvalue weighted by molar-refractivity contribution is -0.139. The second-order valence-electron chi connectivity index (χ2n) is 2.97. The topological polar surface area (TPSA) is 35.5 Å². The Kier molecular flexibility index (Phi) is 7.30. The first kappa shape index (κ1) is 12.2. The molecule has 3 nitrogen and oxygen atoms in total. The van der Waals surface area contributed by atoms with Crippen molar-refractivity contribution in [1.29, 1.82) is 0 Å². The van der Waals surface area contributed by atoms with Gasteiger partial charge in [-0.15, -0.1) is 0 Å². The molecule has 0 aliphatic rings. The molecule has 0 rings (SSSR count). The lowest BCUT2D eigenvalue weighted by Crippen LogP contribution is -2.06. The van der Waals surface area contributed by atoms with Crippen LogP contribution in [0.4, 0.5) is 0 Å². The summed E-state index contributed by atoms with van der Waals surface area (Å²) in [6.07, 6.45) is 2.93. The summed E-state index contributed by atoms with van der Waals surface area (Å²) in [5.41, 5.74) is 0.455. The van der Waals surface area contributed by atoms with Crippen molar-refractivity contribution in [2.24, 2.45) is 0 Å². The monoisotopic (exact) mass is 186 g/mol. The van der Waals surface area contributed by atoms with Crippen LogP contribution in [0, 0.1) is 0 Å². The Morgan fingerprint density at radius 3 is 2.38 bits per heavy atom. The highest BCUT2D eigenvalue weighted by atomic mass is 16.5. The van der Waals surface area contributed by atoms with Gasteiger partial charge in [0.1, 0.15) is 0 Å². The third kappa shape index (κ3) is 7.53. The zero-order chi connectivity index (χ0) is 10.1. The third-order valence-corrected chi connectivity index (χ3v) is 1.57. The molecule has 0 aliphatic carbocycles. The van der Waals surface area contributed by atoms with E-state index in [-0.39, 0.29) is 5.97 Å². The van der Waals surface area contributed by atoms with E-state index in [9.17, 15) is 4.79 Å². The van der Waals surface area contributed by atoms with E-state index < -0.39 is 0 Å². The summed E-state index contributed by atoms with van der Waals surface area (Å²) in [5, 5.41) is 0. The van der Waals surface area contributed by atoms with E-state index in [0.29, 0.717) is 12.2 Å². The Bertz CT molecular complexity index is 164. The van der Waals surface area contributed by atoms with Crippen molar-refractivity contribution in [3.63, 3.8) is 0 Å². The number of methoxy groups -OCH3 is 1. The van der Waals surface area contributed by atoms with Gasteiger partial charge in [-0.25, -0.2) is 4.79 Å². The number of hydrogen-bond acceptors (Lipinski definition) is 3. The predicted molar refractivity (Wildman–Crippen MR) is 51.5 cm³/mol. The number of rotatable bonds is 7. The highest BCUT2D eigenvalue weighted by Gasteiger charge is 2.01. The molecule has 13 heavy (non-hydrogen) atoms. The minimum atomic E-state index is -0.299. The van der Waals surface area contributed by atoms with Gasteiger partial charge in [0.25, 0.3) is 0 Å². The summed E-state index contributed by atoms with van der Waals surface area (Å²) in [4.78, 5) is 10.9. The molecule has 3 heteroatoms. The highest BCUT2D eigenvalue weighted by Crippen LogP contribution is 1.98. The molecule has 0 aromatic heterocycles. The van der Waals surface area contributed by atoms with Gasteiger partial charge in [-0.1, -0.05) is 6.58 Å². The summed E-state index contributed by atoms with van der Waals surface area (Å²) in [6, 6.07) is 0. The van der Waals surface area contributed by atoms with Gasteiger partial charge in [0, 0.05) is 19.3 Å². The lowest BCUT2D eigenvalue weighted by Gasteiger charge is -2.03. The SMILES string of the molecule is C=C(C)C(=O)OCCCCCOC. The molecule has 0 saturated carbocycles.